The summed E-state index contributed by atoms with van der Waals surface area (Å²) in [5.41, 5.74) is 3.88. The number of nitrogens with zero attached hydrogens (tertiary/aromatic N) is 7. The molecule has 1 aliphatic rings. The van der Waals surface area contributed by atoms with E-state index in [4.69, 9.17) is 0 Å². The van der Waals surface area contributed by atoms with Gasteiger partial charge in [0.2, 0.25) is 5.95 Å². The number of likely N-dealkylation sites (N-methyl/N-ethyl adjacent to an activating group) is 1. The Morgan fingerprint density at radius 3 is 2.50 bits per heavy atom. The first kappa shape index (κ1) is 24.3. The lowest BCUT2D eigenvalue weighted by atomic mass is 10.0. The van der Waals surface area contributed by atoms with Crippen molar-refractivity contribution in [2.45, 2.75) is 33.2 Å². The molecule has 1 aliphatic heterocycles. The molecule has 1 N–H and O–H groups in total. The Hall–Kier alpha value is -3.43. The van der Waals surface area contributed by atoms with Gasteiger partial charge in [0.1, 0.15) is 11.3 Å². The minimum absolute atomic E-state index is 0.215. The molecule has 0 unspecified atom stereocenters. The van der Waals surface area contributed by atoms with Gasteiger partial charge in [0.25, 0.3) is 0 Å². The Kier molecular flexibility index (Phi) is 6.93. The van der Waals surface area contributed by atoms with Gasteiger partial charge >= 0.3 is 0 Å². The summed E-state index contributed by atoms with van der Waals surface area (Å²) in [6.07, 6.45) is 3.57. The van der Waals surface area contributed by atoms with E-state index in [9.17, 15) is 4.39 Å². The van der Waals surface area contributed by atoms with Crippen LogP contribution in [0.3, 0.4) is 0 Å². The third-order valence-electron chi connectivity index (χ3n) is 6.82. The summed E-state index contributed by atoms with van der Waals surface area (Å²) in [5.74, 6) is 0.945. The van der Waals surface area contributed by atoms with Crippen LogP contribution >= 0.6 is 0 Å². The van der Waals surface area contributed by atoms with Crippen molar-refractivity contribution in [2.75, 3.05) is 38.0 Å². The number of piperazine rings is 1. The number of pyridine rings is 1. The zero-order valence-corrected chi connectivity index (χ0v) is 21.4. The first-order valence-corrected chi connectivity index (χ1v) is 12.6. The molecule has 0 radical (unpaired) electrons. The van der Waals surface area contributed by atoms with Crippen LogP contribution < -0.4 is 5.32 Å². The predicted octanol–water partition coefficient (Wildman–Crippen LogP) is 4.57. The first-order valence-electron chi connectivity index (χ1n) is 12.6. The average molecular weight is 489 g/mol. The highest BCUT2D eigenvalue weighted by molar-refractivity contribution is 5.87. The summed E-state index contributed by atoms with van der Waals surface area (Å²) in [5, 5.41) is 8.37. The zero-order valence-electron chi connectivity index (χ0n) is 21.4. The second-order valence-electron chi connectivity index (χ2n) is 9.67. The maximum absolute atomic E-state index is 14.9. The highest BCUT2D eigenvalue weighted by Gasteiger charge is 2.18. The molecule has 1 saturated heterocycles. The molecule has 0 amide bonds. The molecule has 0 spiro atoms. The third-order valence-corrected chi connectivity index (χ3v) is 6.82. The SMILES string of the molecule is CCN1CCN(Cc2ccc(Nc3nccc(-c4cc(F)c5nn(C)c(C(C)C)c5c4)n3)nc2)CC1. The number of rotatable bonds is 7. The van der Waals surface area contributed by atoms with Crippen LogP contribution in [-0.2, 0) is 13.6 Å². The molecule has 3 aromatic heterocycles. The van der Waals surface area contributed by atoms with Crippen molar-refractivity contribution >= 4 is 22.7 Å². The Morgan fingerprint density at radius 1 is 1.03 bits per heavy atom. The summed E-state index contributed by atoms with van der Waals surface area (Å²) in [4.78, 5) is 18.5. The van der Waals surface area contributed by atoms with Crippen LogP contribution in [0.1, 0.15) is 37.9 Å². The van der Waals surface area contributed by atoms with Crippen molar-refractivity contribution in [3.63, 3.8) is 0 Å². The van der Waals surface area contributed by atoms with Crippen LogP contribution in [0.4, 0.5) is 16.2 Å². The van der Waals surface area contributed by atoms with E-state index in [1.807, 2.05) is 25.4 Å². The first-order chi connectivity index (χ1) is 17.4. The van der Waals surface area contributed by atoms with Gasteiger partial charge in [-0.25, -0.2) is 19.3 Å². The maximum atomic E-state index is 14.9. The lowest BCUT2D eigenvalue weighted by Gasteiger charge is -2.33. The van der Waals surface area contributed by atoms with Crippen LogP contribution in [-0.4, -0.2) is 67.3 Å². The average Bonchev–Trinajstić information content (AvgIpc) is 3.22. The van der Waals surface area contributed by atoms with E-state index < -0.39 is 0 Å². The van der Waals surface area contributed by atoms with E-state index in [1.54, 1.807) is 16.9 Å². The predicted molar refractivity (Wildman–Crippen MR) is 141 cm³/mol. The Balaban J connectivity index is 1.31. The number of anilines is 2. The molecule has 188 valence electrons. The van der Waals surface area contributed by atoms with Gasteiger partial charge in [-0.2, -0.15) is 5.10 Å². The zero-order chi connectivity index (χ0) is 25.2. The topological polar surface area (TPSA) is 75.0 Å². The molecule has 0 aliphatic carbocycles. The fourth-order valence-corrected chi connectivity index (χ4v) is 4.91. The molecular weight excluding hydrogens is 455 g/mol. The van der Waals surface area contributed by atoms with Crippen LogP contribution in [0.25, 0.3) is 22.2 Å². The molecule has 5 rings (SSSR count). The van der Waals surface area contributed by atoms with Crippen molar-refractivity contribution in [1.82, 2.24) is 34.5 Å². The Bertz CT molecular complexity index is 1340. The van der Waals surface area contributed by atoms with Crippen molar-refractivity contribution in [3.8, 4) is 11.3 Å². The monoisotopic (exact) mass is 488 g/mol. The highest BCUT2D eigenvalue weighted by Crippen LogP contribution is 2.31. The number of nitrogens with one attached hydrogen (secondary N) is 1. The molecule has 0 bridgehead atoms. The summed E-state index contributed by atoms with van der Waals surface area (Å²) in [7, 11) is 1.85. The van der Waals surface area contributed by atoms with E-state index in [0.717, 1.165) is 50.3 Å². The summed E-state index contributed by atoms with van der Waals surface area (Å²) < 4.78 is 16.7. The standard InChI is InChI=1S/C27H33FN8/c1-5-35-10-12-36(13-11-35)17-19-6-7-24(30-16-19)32-27-29-9-8-23(31-27)20-14-21-25(22(28)15-20)33-34(4)26(21)18(2)3/h6-9,14-16,18H,5,10-13,17H2,1-4H3,(H,29,30,31,32). The van der Waals surface area contributed by atoms with Gasteiger partial charge in [0.15, 0.2) is 5.82 Å². The fraction of sp³-hybridized carbons (Fsp3) is 0.407. The number of aromatic nitrogens is 5. The Morgan fingerprint density at radius 2 is 1.81 bits per heavy atom. The molecule has 4 heterocycles. The summed E-state index contributed by atoms with van der Waals surface area (Å²) >= 11 is 0. The highest BCUT2D eigenvalue weighted by atomic mass is 19.1. The Labute approximate surface area is 211 Å². The maximum Gasteiger partial charge on any atom is 0.228 e. The lowest BCUT2D eigenvalue weighted by molar-refractivity contribution is 0.132. The quantitative estimate of drug-likeness (QED) is 0.408. The van der Waals surface area contributed by atoms with Gasteiger partial charge in [-0.1, -0.05) is 26.8 Å². The molecule has 9 heteroatoms. The molecule has 4 aromatic rings. The second kappa shape index (κ2) is 10.3. The smallest absolute Gasteiger partial charge is 0.228 e. The largest absolute Gasteiger partial charge is 0.309 e. The van der Waals surface area contributed by atoms with Crippen molar-refractivity contribution < 1.29 is 4.39 Å². The van der Waals surface area contributed by atoms with Crippen molar-refractivity contribution in [3.05, 3.63) is 59.8 Å². The van der Waals surface area contributed by atoms with E-state index in [0.29, 0.717) is 28.5 Å². The number of fused-ring (bicyclic) bond motifs is 1. The van der Waals surface area contributed by atoms with Crippen LogP contribution in [0.5, 0.6) is 0 Å². The van der Waals surface area contributed by atoms with Crippen LogP contribution in [0.15, 0.2) is 42.7 Å². The molecule has 0 saturated carbocycles. The molecule has 1 fully saturated rings. The van der Waals surface area contributed by atoms with Crippen LogP contribution in [0, 0.1) is 5.82 Å². The second-order valence-corrected chi connectivity index (χ2v) is 9.67. The molecular formula is C27H33FN8. The summed E-state index contributed by atoms with van der Waals surface area (Å²) in [6.45, 7) is 12.8. The molecule has 8 nitrogen and oxygen atoms in total. The van der Waals surface area contributed by atoms with Gasteiger partial charge in [0.05, 0.1) is 5.69 Å². The van der Waals surface area contributed by atoms with E-state index in [1.165, 1.54) is 11.6 Å². The number of aryl methyl sites for hydroxylation is 1. The number of hydrogen-bond donors (Lipinski definition) is 1. The molecule has 36 heavy (non-hydrogen) atoms. The van der Waals surface area contributed by atoms with E-state index in [-0.39, 0.29) is 11.7 Å². The van der Waals surface area contributed by atoms with Gasteiger partial charge in [-0.15, -0.1) is 0 Å². The minimum Gasteiger partial charge on any atom is -0.309 e. The van der Waals surface area contributed by atoms with E-state index >= 15 is 0 Å². The van der Waals surface area contributed by atoms with Crippen molar-refractivity contribution in [2.24, 2.45) is 7.05 Å². The van der Waals surface area contributed by atoms with Crippen LogP contribution in [0.2, 0.25) is 0 Å². The normalized spacial score (nSPS) is 15.2. The lowest BCUT2D eigenvalue weighted by Crippen LogP contribution is -2.45. The van der Waals surface area contributed by atoms with Gasteiger partial charge in [0, 0.05) is 68.8 Å². The molecule has 1 aromatic carbocycles. The van der Waals surface area contributed by atoms with E-state index in [2.05, 4.69) is 62.0 Å². The number of halogens is 1. The number of benzene rings is 1. The third kappa shape index (κ3) is 5.08. The van der Waals surface area contributed by atoms with Crippen molar-refractivity contribution in [1.29, 1.82) is 0 Å². The number of hydrogen-bond acceptors (Lipinski definition) is 7. The van der Waals surface area contributed by atoms with Gasteiger partial charge in [-0.05, 0) is 42.3 Å². The fourth-order valence-electron chi connectivity index (χ4n) is 4.91. The van der Waals surface area contributed by atoms with Gasteiger partial charge < -0.3 is 10.2 Å². The van der Waals surface area contributed by atoms with Gasteiger partial charge in [-0.3, -0.25) is 9.58 Å². The summed E-state index contributed by atoms with van der Waals surface area (Å²) in [6, 6.07) is 9.26. The minimum atomic E-state index is -0.355. The molecule has 0 atom stereocenters.